The van der Waals surface area contributed by atoms with E-state index >= 15 is 0 Å². The number of thiophene rings is 1. The van der Waals surface area contributed by atoms with Gasteiger partial charge in [-0.25, -0.2) is 0 Å². The van der Waals surface area contributed by atoms with Crippen LogP contribution in [0.5, 0.6) is 0 Å². The van der Waals surface area contributed by atoms with Crippen LogP contribution in [0.15, 0.2) is 17.5 Å². The number of likely N-dealkylation sites (tertiary alicyclic amines) is 1. The van der Waals surface area contributed by atoms with Crippen LogP contribution < -0.4 is 10.6 Å². The van der Waals surface area contributed by atoms with E-state index in [-0.39, 0.29) is 17.7 Å². The van der Waals surface area contributed by atoms with E-state index in [4.69, 9.17) is 0 Å². The van der Waals surface area contributed by atoms with Crippen LogP contribution in [-0.2, 0) is 9.59 Å². The molecule has 23 heavy (non-hydrogen) atoms. The summed E-state index contributed by atoms with van der Waals surface area (Å²) in [6.07, 6.45) is 3.40. The fourth-order valence-corrected chi connectivity index (χ4v) is 3.11. The minimum atomic E-state index is -0.0873. The molecule has 0 bridgehead atoms. The van der Waals surface area contributed by atoms with E-state index in [0.717, 1.165) is 25.9 Å². The molecule has 3 amide bonds. The molecule has 2 rings (SSSR count). The van der Waals surface area contributed by atoms with Gasteiger partial charge < -0.3 is 15.5 Å². The number of nitrogens with one attached hydrogen (secondary N) is 2. The van der Waals surface area contributed by atoms with Crippen LogP contribution in [0.25, 0.3) is 0 Å². The van der Waals surface area contributed by atoms with Crippen LogP contribution in [0.3, 0.4) is 0 Å². The molecule has 1 aliphatic heterocycles. The minimum absolute atomic E-state index is 0.0110. The van der Waals surface area contributed by atoms with Crippen LogP contribution in [0, 0.1) is 0 Å². The molecule has 2 heterocycles. The third-order valence-electron chi connectivity index (χ3n) is 3.71. The highest BCUT2D eigenvalue weighted by molar-refractivity contribution is 7.12. The molecule has 1 aromatic heterocycles. The fraction of sp³-hybridized carbons (Fsp3) is 0.562. The van der Waals surface area contributed by atoms with Gasteiger partial charge >= 0.3 is 0 Å². The molecule has 0 aromatic carbocycles. The molecule has 0 saturated carbocycles. The minimum Gasteiger partial charge on any atom is -0.356 e. The molecule has 126 valence electrons. The lowest BCUT2D eigenvalue weighted by molar-refractivity contribution is -0.127. The van der Waals surface area contributed by atoms with Crippen molar-refractivity contribution in [2.45, 2.75) is 32.1 Å². The summed E-state index contributed by atoms with van der Waals surface area (Å²) in [5.41, 5.74) is 0. The molecule has 0 unspecified atom stereocenters. The molecule has 1 saturated heterocycles. The normalized spacial score (nSPS) is 14.1. The van der Waals surface area contributed by atoms with Crippen molar-refractivity contribution in [2.24, 2.45) is 0 Å². The third kappa shape index (κ3) is 6.02. The molecule has 2 N–H and O–H groups in total. The van der Waals surface area contributed by atoms with Gasteiger partial charge in [0.1, 0.15) is 0 Å². The number of rotatable bonds is 9. The van der Waals surface area contributed by atoms with Gasteiger partial charge in [0.2, 0.25) is 11.8 Å². The molecule has 0 spiro atoms. The van der Waals surface area contributed by atoms with Gasteiger partial charge in [-0.3, -0.25) is 14.4 Å². The maximum Gasteiger partial charge on any atom is 0.261 e. The first-order valence-electron chi connectivity index (χ1n) is 8.03. The van der Waals surface area contributed by atoms with Crippen molar-refractivity contribution in [2.75, 3.05) is 26.2 Å². The van der Waals surface area contributed by atoms with Crippen molar-refractivity contribution in [3.8, 4) is 0 Å². The molecule has 6 nitrogen and oxygen atoms in total. The highest BCUT2D eigenvalue weighted by Gasteiger charge is 2.18. The monoisotopic (exact) mass is 337 g/mol. The number of hydrogen-bond acceptors (Lipinski definition) is 4. The second-order valence-electron chi connectivity index (χ2n) is 5.52. The number of hydrogen-bond donors (Lipinski definition) is 2. The van der Waals surface area contributed by atoms with E-state index in [0.29, 0.717) is 37.2 Å². The van der Waals surface area contributed by atoms with Crippen molar-refractivity contribution >= 4 is 29.1 Å². The predicted octanol–water partition coefficient (Wildman–Crippen LogP) is 1.39. The molecule has 1 fully saturated rings. The Morgan fingerprint density at radius 3 is 2.74 bits per heavy atom. The molecule has 1 aliphatic rings. The highest BCUT2D eigenvalue weighted by Crippen LogP contribution is 2.09. The second kappa shape index (κ2) is 9.29. The number of amides is 3. The molecule has 0 radical (unpaired) electrons. The number of nitrogens with zero attached hydrogens (tertiary/aromatic N) is 1. The van der Waals surface area contributed by atoms with Gasteiger partial charge in [-0.15, -0.1) is 11.3 Å². The van der Waals surface area contributed by atoms with E-state index in [2.05, 4.69) is 10.6 Å². The first-order chi connectivity index (χ1) is 11.2. The largest absolute Gasteiger partial charge is 0.356 e. The Bertz CT molecular complexity index is 531. The maximum absolute atomic E-state index is 11.7. The summed E-state index contributed by atoms with van der Waals surface area (Å²) in [6.45, 7) is 2.64. The first-order valence-corrected chi connectivity index (χ1v) is 8.91. The van der Waals surface area contributed by atoms with Crippen LogP contribution in [0.1, 0.15) is 41.8 Å². The van der Waals surface area contributed by atoms with Crippen LogP contribution >= 0.6 is 11.3 Å². The molecular weight excluding hydrogens is 314 g/mol. The van der Waals surface area contributed by atoms with E-state index < -0.39 is 0 Å². The van der Waals surface area contributed by atoms with Gasteiger partial charge in [-0.1, -0.05) is 6.07 Å². The Labute approximate surface area is 140 Å². The lowest BCUT2D eigenvalue weighted by Crippen LogP contribution is -2.31. The Balaban J connectivity index is 1.47. The average Bonchev–Trinajstić information content (AvgIpc) is 3.20. The van der Waals surface area contributed by atoms with E-state index in [1.807, 2.05) is 16.3 Å². The third-order valence-corrected chi connectivity index (χ3v) is 4.58. The van der Waals surface area contributed by atoms with Gasteiger partial charge in [0.25, 0.3) is 5.91 Å². The van der Waals surface area contributed by atoms with Gasteiger partial charge in [-0.05, 0) is 30.7 Å². The van der Waals surface area contributed by atoms with E-state index in [9.17, 15) is 14.4 Å². The van der Waals surface area contributed by atoms with Gasteiger partial charge in [0.15, 0.2) is 0 Å². The molecule has 7 heteroatoms. The van der Waals surface area contributed by atoms with E-state index in [1.54, 1.807) is 6.07 Å². The maximum atomic E-state index is 11.7. The molecule has 0 aliphatic carbocycles. The quantitative estimate of drug-likeness (QED) is 0.668. The lowest BCUT2D eigenvalue weighted by Gasteiger charge is -2.15. The van der Waals surface area contributed by atoms with Crippen LogP contribution in [-0.4, -0.2) is 48.8 Å². The summed E-state index contributed by atoms with van der Waals surface area (Å²) < 4.78 is 0. The summed E-state index contributed by atoms with van der Waals surface area (Å²) in [6, 6.07) is 3.61. The Morgan fingerprint density at radius 1 is 1.22 bits per heavy atom. The zero-order valence-electron chi connectivity index (χ0n) is 13.2. The highest BCUT2D eigenvalue weighted by atomic mass is 32.1. The van der Waals surface area contributed by atoms with Crippen molar-refractivity contribution < 1.29 is 14.4 Å². The van der Waals surface area contributed by atoms with Crippen molar-refractivity contribution in [1.82, 2.24) is 15.5 Å². The molecular formula is C16H23N3O3S. The zero-order valence-corrected chi connectivity index (χ0v) is 14.0. The predicted molar refractivity (Wildman–Crippen MR) is 89.3 cm³/mol. The summed E-state index contributed by atoms with van der Waals surface area (Å²) in [4.78, 5) is 37.3. The Hall–Kier alpha value is -1.89. The summed E-state index contributed by atoms with van der Waals surface area (Å²) >= 11 is 1.40. The molecule has 0 atom stereocenters. The van der Waals surface area contributed by atoms with Crippen LogP contribution in [0.4, 0.5) is 0 Å². The number of carbonyl (C=O) groups excluding carboxylic acids is 3. The van der Waals surface area contributed by atoms with Gasteiger partial charge in [0, 0.05) is 39.0 Å². The summed E-state index contributed by atoms with van der Waals surface area (Å²) in [5, 5.41) is 7.51. The topological polar surface area (TPSA) is 78.5 Å². The van der Waals surface area contributed by atoms with Crippen LogP contribution in [0.2, 0.25) is 0 Å². The van der Waals surface area contributed by atoms with Crippen molar-refractivity contribution in [3.05, 3.63) is 22.4 Å². The lowest BCUT2D eigenvalue weighted by atomic mass is 10.3. The number of carbonyl (C=O) groups is 3. The Kier molecular flexibility index (Phi) is 7.06. The summed E-state index contributed by atoms with van der Waals surface area (Å²) in [7, 11) is 0. The fourth-order valence-electron chi connectivity index (χ4n) is 2.47. The first kappa shape index (κ1) is 17.5. The van der Waals surface area contributed by atoms with Crippen molar-refractivity contribution in [1.29, 1.82) is 0 Å². The summed E-state index contributed by atoms with van der Waals surface area (Å²) in [5.74, 6) is 0.122. The van der Waals surface area contributed by atoms with E-state index in [1.165, 1.54) is 11.3 Å². The molecule has 1 aromatic rings. The second-order valence-corrected chi connectivity index (χ2v) is 6.47. The standard InChI is InChI=1S/C16H23N3O3S/c20-14(17-9-4-11-19-10-2-7-15(19)21)6-1-8-18-16(22)13-5-3-12-23-13/h3,5,12H,1-2,4,6-11H2,(H,17,20)(H,18,22). The van der Waals surface area contributed by atoms with Gasteiger partial charge in [0.05, 0.1) is 4.88 Å². The SMILES string of the molecule is O=C(CCCNC(=O)c1cccs1)NCCCN1CCCC1=O. The van der Waals surface area contributed by atoms with Crippen molar-refractivity contribution in [3.63, 3.8) is 0 Å². The average molecular weight is 337 g/mol. The van der Waals surface area contributed by atoms with Gasteiger partial charge in [-0.2, -0.15) is 0 Å². The Morgan fingerprint density at radius 2 is 2.04 bits per heavy atom. The zero-order chi connectivity index (χ0) is 16.5. The smallest absolute Gasteiger partial charge is 0.261 e.